The maximum Gasteiger partial charge on any atom is 0.160 e. The van der Waals surface area contributed by atoms with Gasteiger partial charge in [0.25, 0.3) is 0 Å². The van der Waals surface area contributed by atoms with Crippen LogP contribution in [0.5, 0.6) is 0 Å². The van der Waals surface area contributed by atoms with E-state index in [0.717, 1.165) is 48.6 Å². The van der Waals surface area contributed by atoms with E-state index in [2.05, 4.69) is 16.5 Å². The van der Waals surface area contributed by atoms with E-state index < -0.39 is 0 Å². The molecular formula is C14H18ClN3O. The van der Waals surface area contributed by atoms with Gasteiger partial charge in [-0.15, -0.1) is 11.6 Å². The van der Waals surface area contributed by atoms with Gasteiger partial charge in [-0.3, -0.25) is 0 Å². The third-order valence-electron chi connectivity index (χ3n) is 3.67. The van der Waals surface area contributed by atoms with Crippen LogP contribution >= 0.6 is 11.6 Å². The minimum absolute atomic E-state index is 0.129. The molecule has 19 heavy (non-hydrogen) atoms. The summed E-state index contributed by atoms with van der Waals surface area (Å²) >= 11 is 6.30. The molecule has 1 aliphatic heterocycles. The molecule has 1 fully saturated rings. The average Bonchev–Trinajstić information content (AvgIpc) is 2.81. The third kappa shape index (κ3) is 2.23. The predicted molar refractivity (Wildman–Crippen MR) is 75.6 cm³/mol. The van der Waals surface area contributed by atoms with Gasteiger partial charge >= 0.3 is 0 Å². The Hall–Kier alpha value is -1.13. The zero-order chi connectivity index (χ0) is 13.4. The number of hydrogen-bond acceptors (Lipinski definition) is 3. The highest BCUT2D eigenvalue weighted by molar-refractivity contribution is 6.20. The maximum absolute atomic E-state index is 6.30. The van der Waals surface area contributed by atoms with E-state index in [-0.39, 0.29) is 5.38 Å². The Kier molecular flexibility index (Phi) is 3.46. The fraction of sp³-hybridized carbons (Fsp3) is 0.571. The van der Waals surface area contributed by atoms with Crippen molar-refractivity contribution in [2.24, 2.45) is 0 Å². The van der Waals surface area contributed by atoms with Crippen LogP contribution in [0.2, 0.25) is 0 Å². The van der Waals surface area contributed by atoms with E-state index >= 15 is 0 Å². The first kappa shape index (κ1) is 12.9. The predicted octanol–water partition coefficient (Wildman–Crippen LogP) is 3.39. The van der Waals surface area contributed by atoms with Gasteiger partial charge in [0.05, 0.1) is 18.0 Å². The van der Waals surface area contributed by atoms with Crippen LogP contribution < -0.4 is 0 Å². The molecule has 0 spiro atoms. The summed E-state index contributed by atoms with van der Waals surface area (Å²) in [5.41, 5.74) is 3.02. The molecule has 102 valence electrons. The van der Waals surface area contributed by atoms with E-state index in [9.17, 15) is 0 Å². The van der Waals surface area contributed by atoms with Gasteiger partial charge in [0.1, 0.15) is 11.3 Å². The normalized spacial score (nSPS) is 21.7. The second-order valence-electron chi connectivity index (χ2n) is 5.13. The lowest BCUT2D eigenvalue weighted by molar-refractivity contribution is 0.0593. The fourth-order valence-electron chi connectivity index (χ4n) is 2.70. The largest absolute Gasteiger partial charge is 0.379 e. The van der Waals surface area contributed by atoms with Crippen LogP contribution in [0.15, 0.2) is 12.3 Å². The Morgan fingerprint density at radius 3 is 3.05 bits per heavy atom. The summed E-state index contributed by atoms with van der Waals surface area (Å²) in [5, 5.41) is -0.129. The van der Waals surface area contributed by atoms with Crippen molar-refractivity contribution in [3.05, 3.63) is 23.7 Å². The number of rotatable bonds is 2. The monoisotopic (exact) mass is 279 g/mol. The molecule has 3 rings (SSSR count). The number of imidazole rings is 1. The lowest BCUT2D eigenvalue weighted by atomic mass is 10.1. The molecule has 2 aromatic rings. The van der Waals surface area contributed by atoms with Crippen LogP contribution in [-0.4, -0.2) is 27.7 Å². The zero-order valence-electron chi connectivity index (χ0n) is 11.3. The lowest BCUT2D eigenvalue weighted by Gasteiger charge is -2.25. The summed E-state index contributed by atoms with van der Waals surface area (Å²) < 4.78 is 7.78. The Labute approximate surface area is 117 Å². The fourth-order valence-corrected chi connectivity index (χ4v) is 2.85. The molecule has 2 unspecified atom stereocenters. The first-order chi connectivity index (χ1) is 9.18. The van der Waals surface area contributed by atoms with Crippen molar-refractivity contribution in [1.82, 2.24) is 14.5 Å². The summed E-state index contributed by atoms with van der Waals surface area (Å²) in [5.74, 6) is 0.897. The first-order valence-electron chi connectivity index (χ1n) is 6.73. The number of hydrogen-bond donors (Lipinski definition) is 0. The van der Waals surface area contributed by atoms with E-state index in [0.29, 0.717) is 6.04 Å². The second kappa shape index (κ2) is 5.10. The van der Waals surface area contributed by atoms with E-state index in [1.807, 2.05) is 19.2 Å². The third-order valence-corrected chi connectivity index (χ3v) is 3.86. The van der Waals surface area contributed by atoms with E-state index in [1.165, 1.54) is 0 Å². The highest BCUT2D eigenvalue weighted by Gasteiger charge is 2.24. The Balaban J connectivity index is 2.18. The summed E-state index contributed by atoms with van der Waals surface area (Å²) in [7, 11) is 0. The molecule has 0 radical (unpaired) electrons. The van der Waals surface area contributed by atoms with Gasteiger partial charge in [0, 0.05) is 12.8 Å². The van der Waals surface area contributed by atoms with Gasteiger partial charge < -0.3 is 9.30 Å². The SMILES string of the molecule is Cc1ccnc2c1nc(C(C)Cl)n2C1CCCOC1. The van der Waals surface area contributed by atoms with Crippen LogP contribution in [0, 0.1) is 6.92 Å². The molecule has 5 heteroatoms. The number of aromatic nitrogens is 3. The number of pyridine rings is 1. The molecule has 1 aliphatic rings. The van der Waals surface area contributed by atoms with Crippen LogP contribution in [0.3, 0.4) is 0 Å². The number of halogens is 1. The summed E-state index contributed by atoms with van der Waals surface area (Å²) in [6.07, 6.45) is 4.01. The van der Waals surface area contributed by atoms with Crippen molar-refractivity contribution >= 4 is 22.8 Å². The number of nitrogens with zero attached hydrogens (tertiary/aromatic N) is 3. The van der Waals surface area contributed by atoms with Crippen molar-refractivity contribution < 1.29 is 4.74 Å². The topological polar surface area (TPSA) is 39.9 Å². The smallest absolute Gasteiger partial charge is 0.160 e. The van der Waals surface area contributed by atoms with Crippen LogP contribution in [0.25, 0.3) is 11.2 Å². The number of fused-ring (bicyclic) bond motifs is 1. The standard InChI is InChI=1S/C14H18ClN3O/c1-9-5-6-16-14-12(9)17-13(10(2)15)18(14)11-4-3-7-19-8-11/h5-6,10-11H,3-4,7-8H2,1-2H3. The van der Waals surface area contributed by atoms with E-state index in [1.54, 1.807) is 0 Å². The van der Waals surface area contributed by atoms with Crippen molar-refractivity contribution in [2.75, 3.05) is 13.2 Å². The number of alkyl halides is 1. The highest BCUT2D eigenvalue weighted by atomic mass is 35.5. The molecular weight excluding hydrogens is 262 g/mol. The van der Waals surface area contributed by atoms with Gasteiger partial charge in [-0.2, -0.15) is 0 Å². The van der Waals surface area contributed by atoms with Gasteiger partial charge in [-0.05, 0) is 38.3 Å². The van der Waals surface area contributed by atoms with Gasteiger partial charge in [0.15, 0.2) is 5.65 Å². The molecule has 3 heterocycles. The lowest BCUT2D eigenvalue weighted by Crippen LogP contribution is -2.23. The van der Waals surface area contributed by atoms with Crippen molar-refractivity contribution in [3.63, 3.8) is 0 Å². The van der Waals surface area contributed by atoms with Crippen LogP contribution in [0.4, 0.5) is 0 Å². The van der Waals surface area contributed by atoms with Gasteiger partial charge in [0.2, 0.25) is 0 Å². The summed E-state index contributed by atoms with van der Waals surface area (Å²) in [6.45, 7) is 5.58. The zero-order valence-corrected chi connectivity index (χ0v) is 12.0. The summed E-state index contributed by atoms with van der Waals surface area (Å²) in [6, 6.07) is 2.28. The van der Waals surface area contributed by atoms with Crippen molar-refractivity contribution in [2.45, 2.75) is 38.1 Å². The van der Waals surface area contributed by atoms with Crippen LogP contribution in [0.1, 0.15) is 42.6 Å². The minimum atomic E-state index is -0.129. The van der Waals surface area contributed by atoms with Crippen molar-refractivity contribution in [3.8, 4) is 0 Å². The van der Waals surface area contributed by atoms with Crippen molar-refractivity contribution in [1.29, 1.82) is 0 Å². The second-order valence-corrected chi connectivity index (χ2v) is 5.78. The molecule has 1 saturated heterocycles. The Bertz CT molecular complexity index is 588. The van der Waals surface area contributed by atoms with E-state index in [4.69, 9.17) is 21.3 Å². The Morgan fingerprint density at radius 1 is 1.53 bits per heavy atom. The number of aryl methyl sites for hydroxylation is 1. The minimum Gasteiger partial charge on any atom is -0.379 e. The molecule has 0 N–H and O–H groups in total. The Morgan fingerprint density at radius 2 is 2.37 bits per heavy atom. The van der Waals surface area contributed by atoms with Gasteiger partial charge in [-0.25, -0.2) is 9.97 Å². The molecule has 0 aromatic carbocycles. The molecule has 2 aromatic heterocycles. The maximum atomic E-state index is 6.30. The first-order valence-corrected chi connectivity index (χ1v) is 7.17. The summed E-state index contributed by atoms with van der Waals surface area (Å²) in [4.78, 5) is 9.21. The molecule has 2 atom stereocenters. The quantitative estimate of drug-likeness (QED) is 0.791. The molecule has 0 bridgehead atoms. The molecule has 0 amide bonds. The number of ether oxygens (including phenoxy) is 1. The molecule has 4 nitrogen and oxygen atoms in total. The average molecular weight is 280 g/mol. The molecule has 0 saturated carbocycles. The van der Waals surface area contributed by atoms with Crippen LogP contribution in [-0.2, 0) is 4.74 Å². The highest BCUT2D eigenvalue weighted by Crippen LogP contribution is 2.31. The van der Waals surface area contributed by atoms with Gasteiger partial charge in [-0.1, -0.05) is 0 Å². The molecule has 0 aliphatic carbocycles.